The summed E-state index contributed by atoms with van der Waals surface area (Å²) in [6.07, 6.45) is 6.84. The van der Waals surface area contributed by atoms with Crippen LogP contribution in [0.15, 0.2) is 30.5 Å². The van der Waals surface area contributed by atoms with E-state index in [1.165, 1.54) is 41.3 Å². The average Bonchev–Trinajstić information content (AvgIpc) is 3.16. The van der Waals surface area contributed by atoms with Gasteiger partial charge in [-0.3, -0.25) is 4.98 Å². The smallest absolute Gasteiger partial charge is 0.337 e. The van der Waals surface area contributed by atoms with E-state index in [4.69, 9.17) is 4.74 Å². The van der Waals surface area contributed by atoms with Crippen molar-refractivity contribution in [2.75, 3.05) is 7.11 Å². The number of ether oxygens (including phenoxy) is 1. The Morgan fingerprint density at radius 2 is 1.71 bits per heavy atom. The lowest BCUT2D eigenvalue weighted by molar-refractivity contribution is -0.0276. The number of carbonyl (C=O) groups is 1. The standard InChI is InChI=1S/C27H35NO3/c1-17-14-21-22(26(4,5)13-12-25(21,2)3)15-19(17)20-8-7-11-27(20,31-6)23-10-9-18(16-28-23)24(29)30/h9-10,14-16,20H,7-8,11-13H2,1-6H3,(H,29,30). The summed E-state index contributed by atoms with van der Waals surface area (Å²) in [5.41, 5.74) is 6.49. The third-order valence-corrected chi connectivity index (χ3v) is 8.03. The van der Waals surface area contributed by atoms with Crippen LogP contribution >= 0.6 is 0 Å². The first-order valence-electron chi connectivity index (χ1n) is 11.4. The van der Waals surface area contributed by atoms with Gasteiger partial charge in [-0.15, -0.1) is 0 Å². The van der Waals surface area contributed by atoms with E-state index in [2.05, 4.69) is 51.7 Å². The molecule has 4 heteroatoms. The van der Waals surface area contributed by atoms with Gasteiger partial charge in [-0.2, -0.15) is 0 Å². The summed E-state index contributed by atoms with van der Waals surface area (Å²) < 4.78 is 6.23. The topological polar surface area (TPSA) is 59.4 Å². The molecular weight excluding hydrogens is 386 g/mol. The van der Waals surface area contributed by atoms with Crippen molar-refractivity contribution in [1.29, 1.82) is 0 Å². The fraction of sp³-hybridized carbons (Fsp3) is 0.556. The molecule has 1 N–H and O–H groups in total. The van der Waals surface area contributed by atoms with Crippen molar-refractivity contribution in [2.24, 2.45) is 0 Å². The molecule has 2 aliphatic carbocycles. The number of fused-ring (bicyclic) bond motifs is 1. The molecule has 1 heterocycles. The Morgan fingerprint density at radius 3 is 2.26 bits per heavy atom. The summed E-state index contributed by atoms with van der Waals surface area (Å²) in [6, 6.07) is 8.37. The molecule has 1 saturated carbocycles. The van der Waals surface area contributed by atoms with Crippen LogP contribution in [0.25, 0.3) is 0 Å². The zero-order valence-electron chi connectivity index (χ0n) is 19.7. The maximum atomic E-state index is 11.3. The van der Waals surface area contributed by atoms with Crippen LogP contribution in [-0.4, -0.2) is 23.2 Å². The maximum absolute atomic E-state index is 11.3. The third kappa shape index (κ3) is 3.49. The van der Waals surface area contributed by atoms with Crippen molar-refractivity contribution in [2.45, 2.75) is 89.1 Å². The molecule has 2 aromatic rings. The number of nitrogens with zero attached hydrogens (tertiary/aromatic N) is 1. The molecule has 1 aromatic carbocycles. The number of rotatable bonds is 4. The van der Waals surface area contributed by atoms with Crippen molar-refractivity contribution in [3.8, 4) is 0 Å². The number of carboxylic acid groups (broad SMARTS) is 1. The molecule has 0 spiro atoms. The summed E-state index contributed by atoms with van der Waals surface area (Å²) in [5, 5.41) is 9.26. The van der Waals surface area contributed by atoms with Crippen molar-refractivity contribution < 1.29 is 14.6 Å². The molecule has 166 valence electrons. The number of benzene rings is 1. The highest BCUT2D eigenvalue weighted by molar-refractivity contribution is 5.87. The van der Waals surface area contributed by atoms with Gasteiger partial charge in [0, 0.05) is 19.2 Å². The second kappa shape index (κ2) is 7.44. The minimum absolute atomic E-state index is 0.156. The third-order valence-electron chi connectivity index (χ3n) is 8.03. The second-order valence-corrected chi connectivity index (χ2v) is 10.8. The predicted molar refractivity (Wildman–Crippen MR) is 123 cm³/mol. The molecule has 2 atom stereocenters. The van der Waals surface area contributed by atoms with Crippen molar-refractivity contribution >= 4 is 5.97 Å². The van der Waals surface area contributed by atoms with E-state index in [9.17, 15) is 9.90 Å². The van der Waals surface area contributed by atoms with Gasteiger partial charge < -0.3 is 9.84 Å². The minimum Gasteiger partial charge on any atom is -0.478 e. The SMILES string of the molecule is COC1(c2ccc(C(=O)O)cn2)CCCC1c1cc2c(cc1C)C(C)(C)CCC2(C)C. The lowest BCUT2D eigenvalue weighted by atomic mass is 9.62. The van der Waals surface area contributed by atoms with Gasteiger partial charge >= 0.3 is 5.97 Å². The fourth-order valence-electron chi connectivity index (χ4n) is 5.92. The highest BCUT2D eigenvalue weighted by Gasteiger charge is 2.48. The van der Waals surface area contributed by atoms with Crippen molar-refractivity contribution in [1.82, 2.24) is 4.98 Å². The van der Waals surface area contributed by atoms with Gasteiger partial charge in [0.25, 0.3) is 0 Å². The van der Waals surface area contributed by atoms with E-state index in [1.807, 2.05) is 6.07 Å². The molecule has 4 rings (SSSR count). The molecule has 2 aliphatic rings. The molecule has 0 amide bonds. The normalized spacial score (nSPS) is 26.5. The molecule has 0 aliphatic heterocycles. The quantitative estimate of drug-likeness (QED) is 0.634. The number of aromatic nitrogens is 1. The van der Waals surface area contributed by atoms with Crippen LogP contribution in [0.5, 0.6) is 0 Å². The van der Waals surface area contributed by atoms with Gasteiger partial charge in [-0.05, 0) is 84.2 Å². The van der Waals surface area contributed by atoms with Crippen LogP contribution in [0.2, 0.25) is 0 Å². The van der Waals surface area contributed by atoms with Crippen LogP contribution in [-0.2, 0) is 21.2 Å². The number of carboxylic acids is 1. The summed E-state index contributed by atoms with van der Waals surface area (Å²) in [6.45, 7) is 11.7. The van der Waals surface area contributed by atoms with E-state index in [0.717, 1.165) is 25.0 Å². The van der Waals surface area contributed by atoms with Gasteiger partial charge in [-0.25, -0.2) is 4.79 Å². The Hall–Kier alpha value is -2.20. The molecule has 0 saturated heterocycles. The Morgan fingerprint density at radius 1 is 1.06 bits per heavy atom. The number of methoxy groups -OCH3 is 1. The molecule has 4 nitrogen and oxygen atoms in total. The van der Waals surface area contributed by atoms with E-state index < -0.39 is 11.6 Å². The Kier molecular flexibility index (Phi) is 5.28. The predicted octanol–water partition coefficient (Wildman–Crippen LogP) is 6.25. The Labute approximate surface area is 186 Å². The van der Waals surface area contributed by atoms with E-state index in [-0.39, 0.29) is 22.3 Å². The van der Waals surface area contributed by atoms with Gasteiger partial charge in [-0.1, -0.05) is 39.8 Å². The van der Waals surface area contributed by atoms with Gasteiger partial charge in [0.1, 0.15) is 5.60 Å². The van der Waals surface area contributed by atoms with Crippen LogP contribution in [0.3, 0.4) is 0 Å². The molecular formula is C27H35NO3. The molecule has 1 fully saturated rings. The molecule has 31 heavy (non-hydrogen) atoms. The van der Waals surface area contributed by atoms with E-state index in [1.54, 1.807) is 13.2 Å². The first-order chi connectivity index (χ1) is 14.5. The molecule has 2 unspecified atom stereocenters. The highest BCUT2D eigenvalue weighted by Crippen LogP contribution is 2.54. The number of aryl methyl sites for hydroxylation is 1. The van der Waals surface area contributed by atoms with Crippen LogP contribution < -0.4 is 0 Å². The summed E-state index contributed by atoms with van der Waals surface area (Å²) in [5.74, 6) is -0.754. The summed E-state index contributed by atoms with van der Waals surface area (Å²) in [4.78, 5) is 15.9. The lowest BCUT2D eigenvalue weighted by Gasteiger charge is -2.43. The largest absolute Gasteiger partial charge is 0.478 e. The maximum Gasteiger partial charge on any atom is 0.337 e. The van der Waals surface area contributed by atoms with Gasteiger partial charge in [0.15, 0.2) is 0 Å². The van der Waals surface area contributed by atoms with Crippen LogP contribution in [0.4, 0.5) is 0 Å². The van der Waals surface area contributed by atoms with Gasteiger partial charge in [0.2, 0.25) is 0 Å². The minimum atomic E-state index is -0.955. The summed E-state index contributed by atoms with van der Waals surface area (Å²) >= 11 is 0. The first-order valence-corrected chi connectivity index (χ1v) is 11.4. The van der Waals surface area contributed by atoms with E-state index >= 15 is 0 Å². The number of aromatic carboxylic acids is 1. The number of hydrogen-bond acceptors (Lipinski definition) is 3. The van der Waals surface area contributed by atoms with Crippen molar-refractivity contribution in [3.63, 3.8) is 0 Å². The molecule has 1 aromatic heterocycles. The zero-order valence-corrected chi connectivity index (χ0v) is 19.7. The average molecular weight is 422 g/mol. The second-order valence-electron chi connectivity index (χ2n) is 10.8. The summed E-state index contributed by atoms with van der Waals surface area (Å²) in [7, 11) is 1.77. The van der Waals surface area contributed by atoms with E-state index in [0.29, 0.717) is 0 Å². The Bertz CT molecular complexity index is 1010. The lowest BCUT2D eigenvalue weighted by Crippen LogP contribution is -2.36. The zero-order chi connectivity index (χ0) is 22.6. The fourth-order valence-corrected chi connectivity index (χ4v) is 5.92. The number of hydrogen-bond donors (Lipinski definition) is 1. The van der Waals surface area contributed by atoms with Crippen LogP contribution in [0, 0.1) is 6.92 Å². The molecule has 0 radical (unpaired) electrons. The van der Waals surface area contributed by atoms with Crippen LogP contribution in [0.1, 0.15) is 104 Å². The first kappa shape index (κ1) is 22.0. The highest BCUT2D eigenvalue weighted by atomic mass is 16.5. The monoisotopic (exact) mass is 421 g/mol. The molecule has 0 bridgehead atoms. The number of pyridine rings is 1. The van der Waals surface area contributed by atoms with Gasteiger partial charge in [0.05, 0.1) is 11.3 Å². The van der Waals surface area contributed by atoms with Crippen molar-refractivity contribution in [3.05, 3.63) is 64.0 Å². The Balaban J connectivity index is 1.84.